The van der Waals surface area contributed by atoms with Crippen molar-refractivity contribution in [3.05, 3.63) is 0 Å². The van der Waals surface area contributed by atoms with Gasteiger partial charge in [0.2, 0.25) is 0 Å². The van der Waals surface area contributed by atoms with Crippen molar-refractivity contribution in [2.75, 3.05) is 39.4 Å². The monoisotopic (exact) mass is 626 g/mol. The van der Waals surface area contributed by atoms with Gasteiger partial charge in [-0.1, -0.05) is 13.8 Å². The minimum atomic E-state index is -0.926. The smallest absolute Gasteiger partial charge is 0.183 e. The molecule has 0 spiro atoms. The van der Waals surface area contributed by atoms with Crippen molar-refractivity contribution in [2.24, 2.45) is 29.1 Å². The SMILES string of the molecule is CCOC(O)C(C)(C)OC1CCC2OCC3NCCCC3C(CCCN3CCC(O)(C4CCC(Cl)CC4)C(C)(C)C3)C2C1. The highest BCUT2D eigenvalue weighted by atomic mass is 35.5. The third-order valence-electron chi connectivity index (χ3n) is 12.3. The van der Waals surface area contributed by atoms with Gasteiger partial charge >= 0.3 is 0 Å². The molecule has 0 amide bonds. The molecular formula is C35H63ClN2O5. The van der Waals surface area contributed by atoms with Gasteiger partial charge in [-0.2, -0.15) is 0 Å². The van der Waals surface area contributed by atoms with Gasteiger partial charge in [-0.05, 0) is 135 Å². The Labute approximate surface area is 267 Å². The zero-order chi connectivity index (χ0) is 30.8. The van der Waals surface area contributed by atoms with Gasteiger partial charge in [-0.15, -0.1) is 11.6 Å². The third-order valence-corrected chi connectivity index (χ3v) is 12.8. The molecule has 0 aromatic heterocycles. The first kappa shape index (κ1) is 34.3. The molecule has 3 N–H and O–H groups in total. The van der Waals surface area contributed by atoms with Crippen LogP contribution in [0.25, 0.3) is 0 Å². The fraction of sp³-hybridized carbons (Fsp3) is 1.00. The molecule has 8 unspecified atom stereocenters. The fourth-order valence-corrected chi connectivity index (χ4v) is 10.1. The summed E-state index contributed by atoms with van der Waals surface area (Å²) in [5, 5.41) is 26.7. The van der Waals surface area contributed by atoms with Crippen LogP contribution in [0, 0.1) is 29.1 Å². The Morgan fingerprint density at radius 3 is 2.58 bits per heavy atom. The van der Waals surface area contributed by atoms with E-state index in [1.54, 1.807) is 0 Å². The van der Waals surface area contributed by atoms with E-state index in [-0.39, 0.29) is 16.9 Å². The van der Waals surface area contributed by atoms with E-state index in [0.717, 1.165) is 84.2 Å². The van der Waals surface area contributed by atoms with Crippen LogP contribution in [0.1, 0.15) is 112 Å². The summed E-state index contributed by atoms with van der Waals surface area (Å²) in [5.74, 6) is 2.11. The van der Waals surface area contributed by atoms with Crippen LogP contribution in [-0.4, -0.2) is 95.6 Å². The summed E-state index contributed by atoms with van der Waals surface area (Å²) in [6.45, 7) is 15.8. The molecule has 8 atom stereocenters. The van der Waals surface area contributed by atoms with Crippen LogP contribution in [0.5, 0.6) is 0 Å². The molecule has 7 nitrogen and oxygen atoms in total. The van der Waals surface area contributed by atoms with E-state index in [1.807, 2.05) is 20.8 Å². The Kier molecular flexibility index (Phi) is 11.5. The predicted octanol–water partition coefficient (Wildman–Crippen LogP) is 5.73. The van der Waals surface area contributed by atoms with E-state index < -0.39 is 17.5 Å². The van der Waals surface area contributed by atoms with Crippen LogP contribution in [0.15, 0.2) is 0 Å². The van der Waals surface area contributed by atoms with Gasteiger partial charge in [-0.3, -0.25) is 0 Å². The Hall–Kier alpha value is 0.01000. The van der Waals surface area contributed by atoms with Gasteiger partial charge in [0.1, 0.15) is 5.60 Å². The maximum absolute atomic E-state index is 12.0. The van der Waals surface area contributed by atoms with Crippen LogP contribution in [0.4, 0.5) is 0 Å². The molecule has 2 aliphatic carbocycles. The zero-order valence-corrected chi connectivity index (χ0v) is 28.6. The van der Waals surface area contributed by atoms with Crippen LogP contribution >= 0.6 is 11.6 Å². The molecule has 5 rings (SSSR count). The van der Waals surface area contributed by atoms with Gasteiger partial charge < -0.3 is 34.6 Å². The molecule has 5 aliphatic rings. The maximum atomic E-state index is 12.0. The highest BCUT2D eigenvalue weighted by Gasteiger charge is 2.52. The second-order valence-corrected chi connectivity index (χ2v) is 16.6. The standard InChI is InChI=1S/C35H63ClN2O5/c1-6-41-32(39)34(4,5)43-26-15-16-31-29(21-26)27(28-9-7-18-37-30(28)22-42-31)10-8-19-38-20-17-35(40,33(2,3)23-38)24-11-13-25(36)14-12-24/h24-32,37,39-40H,6-23H2,1-5H3. The van der Waals surface area contributed by atoms with E-state index in [9.17, 15) is 10.2 Å². The lowest BCUT2D eigenvalue weighted by Crippen LogP contribution is -2.61. The largest absolute Gasteiger partial charge is 0.389 e. The van der Waals surface area contributed by atoms with E-state index >= 15 is 0 Å². The first-order valence-electron chi connectivity index (χ1n) is 17.8. The number of hydrogen-bond acceptors (Lipinski definition) is 7. The van der Waals surface area contributed by atoms with Gasteiger partial charge in [0.25, 0.3) is 0 Å². The van der Waals surface area contributed by atoms with Crippen molar-refractivity contribution >= 4 is 11.6 Å². The number of fused-ring (bicyclic) bond motifs is 2. The number of piperidine rings is 2. The number of nitrogens with one attached hydrogen (secondary N) is 1. The lowest BCUT2D eigenvalue weighted by Gasteiger charge is -2.55. The third kappa shape index (κ3) is 7.77. The summed E-state index contributed by atoms with van der Waals surface area (Å²) in [7, 11) is 0. The van der Waals surface area contributed by atoms with Crippen molar-refractivity contribution in [3.63, 3.8) is 0 Å². The Balaban J connectivity index is 1.21. The zero-order valence-electron chi connectivity index (χ0n) is 27.9. The number of likely N-dealkylation sites (tertiary alicyclic amines) is 1. The minimum Gasteiger partial charge on any atom is -0.389 e. The lowest BCUT2D eigenvalue weighted by molar-refractivity contribution is -0.240. The molecule has 3 heterocycles. The van der Waals surface area contributed by atoms with E-state index in [0.29, 0.717) is 42.4 Å². The van der Waals surface area contributed by atoms with Crippen molar-refractivity contribution in [1.29, 1.82) is 0 Å². The van der Waals surface area contributed by atoms with Gasteiger partial charge in [0, 0.05) is 36.5 Å². The van der Waals surface area contributed by atoms with Gasteiger partial charge in [-0.25, -0.2) is 0 Å². The summed E-state index contributed by atoms with van der Waals surface area (Å²) in [5.41, 5.74) is -1.45. The number of aliphatic hydroxyl groups is 2. The van der Waals surface area contributed by atoms with Crippen LogP contribution in [0.3, 0.4) is 0 Å². The van der Waals surface area contributed by atoms with E-state index in [2.05, 4.69) is 24.1 Å². The average Bonchev–Trinajstić information content (AvgIpc) is 3.12. The predicted molar refractivity (Wildman–Crippen MR) is 172 cm³/mol. The second kappa shape index (κ2) is 14.4. The van der Waals surface area contributed by atoms with Crippen molar-refractivity contribution in [1.82, 2.24) is 10.2 Å². The topological polar surface area (TPSA) is 83.4 Å². The fourth-order valence-electron chi connectivity index (χ4n) is 9.86. The number of hydrogen-bond donors (Lipinski definition) is 3. The van der Waals surface area contributed by atoms with Crippen LogP contribution in [0.2, 0.25) is 0 Å². The molecule has 250 valence electrons. The first-order chi connectivity index (χ1) is 20.4. The van der Waals surface area contributed by atoms with Crippen LogP contribution in [-0.2, 0) is 14.2 Å². The molecule has 0 aromatic carbocycles. The number of halogens is 1. The summed E-state index contributed by atoms with van der Waals surface area (Å²) in [6, 6.07) is 0.451. The molecule has 0 radical (unpaired) electrons. The summed E-state index contributed by atoms with van der Waals surface area (Å²) < 4.78 is 18.7. The van der Waals surface area contributed by atoms with Crippen LogP contribution < -0.4 is 5.32 Å². The lowest BCUT2D eigenvalue weighted by atomic mass is 9.60. The highest BCUT2D eigenvalue weighted by molar-refractivity contribution is 6.20. The number of nitrogens with zero attached hydrogens (tertiary/aromatic N) is 1. The quantitative estimate of drug-likeness (QED) is 0.211. The number of aliphatic hydroxyl groups excluding tert-OH is 1. The highest BCUT2D eigenvalue weighted by Crippen LogP contribution is 2.49. The van der Waals surface area contributed by atoms with Crippen molar-refractivity contribution in [2.45, 2.75) is 153 Å². The summed E-state index contributed by atoms with van der Waals surface area (Å²) in [4.78, 5) is 2.63. The molecule has 3 saturated heterocycles. The van der Waals surface area contributed by atoms with Gasteiger partial charge in [0.15, 0.2) is 6.29 Å². The second-order valence-electron chi connectivity index (χ2n) is 16.0. The molecule has 0 bridgehead atoms. The average molecular weight is 627 g/mol. The molecular weight excluding hydrogens is 564 g/mol. The normalized spacial score (nSPS) is 41.6. The number of ether oxygens (including phenoxy) is 3. The molecule has 0 aromatic rings. The molecule has 8 heteroatoms. The Bertz CT molecular complexity index is 882. The maximum Gasteiger partial charge on any atom is 0.183 e. The minimum absolute atomic E-state index is 0.111. The molecule has 43 heavy (non-hydrogen) atoms. The number of rotatable bonds is 10. The van der Waals surface area contributed by atoms with Gasteiger partial charge in [0.05, 0.1) is 24.4 Å². The molecule has 2 saturated carbocycles. The van der Waals surface area contributed by atoms with E-state index in [4.69, 9.17) is 25.8 Å². The van der Waals surface area contributed by atoms with Crippen molar-refractivity contribution in [3.8, 4) is 0 Å². The molecule has 3 aliphatic heterocycles. The van der Waals surface area contributed by atoms with Crippen molar-refractivity contribution < 1.29 is 24.4 Å². The Morgan fingerprint density at radius 2 is 1.86 bits per heavy atom. The number of alkyl halides is 1. The molecule has 5 fully saturated rings. The summed E-state index contributed by atoms with van der Waals surface area (Å²) >= 11 is 6.41. The Morgan fingerprint density at radius 1 is 1.09 bits per heavy atom. The van der Waals surface area contributed by atoms with E-state index in [1.165, 1.54) is 25.7 Å². The summed E-state index contributed by atoms with van der Waals surface area (Å²) in [6.07, 6.45) is 12.5. The first-order valence-corrected chi connectivity index (χ1v) is 18.3.